The van der Waals surface area contributed by atoms with Crippen molar-refractivity contribution in [3.63, 3.8) is 0 Å². The van der Waals surface area contributed by atoms with E-state index in [4.69, 9.17) is 0 Å². The van der Waals surface area contributed by atoms with E-state index in [1.54, 1.807) is 23.5 Å². The first-order valence-corrected chi connectivity index (χ1v) is 21.5. The molecule has 0 aliphatic carbocycles. The lowest BCUT2D eigenvalue weighted by molar-refractivity contribution is -0.132. The highest BCUT2D eigenvalue weighted by molar-refractivity contribution is 8.01. The van der Waals surface area contributed by atoms with Gasteiger partial charge in [0.2, 0.25) is 11.8 Å². The molecule has 0 unspecified atom stereocenters. The summed E-state index contributed by atoms with van der Waals surface area (Å²) in [5.74, 6) is -0.340. The van der Waals surface area contributed by atoms with E-state index in [2.05, 4.69) is 120 Å². The Kier molecular flexibility index (Phi) is 14.2. The standard InChI is InChI=1S/C50H50N2O3S2/c1-4-45(51-47(54)37(2)35-56-49(39-23-11-5-12-24-39,40-25-13-6-14-26-40)41-27-15-7-16-28-41)48(55)52-46(38(3)53)36-57-50(42-29-17-8-18-30-42,43-31-19-9-20-32-43)44-33-21-10-22-34-44/h5-34,37,45-46H,4,35-36H2,1-3H3,(H,51,54)(H,52,55)/t37-,45-,46-/m0/s1. The van der Waals surface area contributed by atoms with Gasteiger partial charge in [0.25, 0.3) is 0 Å². The first kappa shape index (κ1) is 41.3. The van der Waals surface area contributed by atoms with Crippen molar-refractivity contribution >= 4 is 41.1 Å². The Morgan fingerprint density at radius 3 is 1.02 bits per heavy atom. The molecule has 0 aliphatic rings. The van der Waals surface area contributed by atoms with E-state index in [1.807, 2.05) is 86.6 Å². The number of nitrogens with one attached hydrogen (secondary N) is 2. The van der Waals surface area contributed by atoms with Crippen LogP contribution < -0.4 is 10.6 Å². The molecule has 0 heterocycles. The third-order valence-corrected chi connectivity index (χ3v) is 13.8. The van der Waals surface area contributed by atoms with Gasteiger partial charge in [-0.25, -0.2) is 0 Å². The van der Waals surface area contributed by atoms with Gasteiger partial charge in [0.05, 0.1) is 15.5 Å². The highest BCUT2D eigenvalue weighted by Gasteiger charge is 2.40. The lowest BCUT2D eigenvalue weighted by atomic mass is 9.84. The van der Waals surface area contributed by atoms with Crippen molar-refractivity contribution in [1.82, 2.24) is 10.6 Å². The quantitative estimate of drug-likeness (QED) is 0.0849. The molecule has 290 valence electrons. The summed E-state index contributed by atoms with van der Waals surface area (Å²) in [6, 6.07) is 60.4. The zero-order valence-corrected chi connectivity index (χ0v) is 34.3. The minimum absolute atomic E-state index is 0.149. The zero-order valence-electron chi connectivity index (χ0n) is 32.7. The summed E-state index contributed by atoms with van der Waals surface area (Å²) in [5, 5.41) is 6.06. The van der Waals surface area contributed by atoms with Crippen LogP contribution in [0.2, 0.25) is 0 Å². The predicted octanol–water partition coefficient (Wildman–Crippen LogP) is 10.0. The van der Waals surface area contributed by atoms with Crippen LogP contribution in [0.25, 0.3) is 0 Å². The molecule has 6 aromatic carbocycles. The Morgan fingerprint density at radius 2 is 0.737 bits per heavy atom. The monoisotopic (exact) mass is 790 g/mol. The minimum Gasteiger partial charge on any atom is -0.344 e. The van der Waals surface area contributed by atoms with Gasteiger partial charge in [0.15, 0.2) is 5.78 Å². The molecular weight excluding hydrogens is 741 g/mol. The molecule has 2 amide bonds. The maximum absolute atomic E-state index is 14.0. The summed E-state index contributed by atoms with van der Waals surface area (Å²) in [6.07, 6.45) is 0.374. The van der Waals surface area contributed by atoms with Gasteiger partial charge in [-0.3, -0.25) is 14.4 Å². The molecule has 6 rings (SSSR count). The number of carbonyl (C=O) groups is 3. The fourth-order valence-corrected chi connectivity index (χ4v) is 10.5. The number of amides is 2. The second-order valence-electron chi connectivity index (χ2n) is 14.2. The number of thioether (sulfide) groups is 2. The van der Waals surface area contributed by atoms with Crippen LogP contribution in [-0.4, -0.2) is 41.2 Å². The molecule has 0 saturated heterocycles. The van der Waals surface area contributed by atoms with E-state index < -0.39 is 27.5 Å². The van der Waals surface area contributed by atoms with Gasteiger partial charge in [0.1, 0.15) is 6.04 Å². The van der Waals surface area contributed by atoms with Crippen LogP contribution in [0.4, 0.5) is 0 Å². The number of carbonyl (C=O) groups excluding carboxylic acids is 3. The first-order valence-electron chi connectivity index (χ1n) is 19.5. The molecule has 0 fully saturated rings. The number of Topliss-reactive ketones (excluding diaryl/α,β-unsaturated/α-hetero) is 1. The van der Waals surface area contributed by atoms with Crippen molar-refractivity contribution in [2.45, 2.75) is 48.8 Å². The molecule has 6 aromatic rings. The SMILES string of the molecule is CC[C@H](NC(=O)[C@@H](C)CSC(c1ccccc1)(c1ccccc1)c1ccccc1)C(=O)N[C@@H](CSC(c1ccccc1)(c1ccccc1)c1ccccc1)C(C)=O. The Bertz CT molecular complexity index is 1980. The number of hydrogen-bond acceptors (Lipinski definition) is 5. The molecule has 0 spiro atoms. The van der Waals surface area contributed by atoms with Crippen molar-refractivity contribution in [2.75, 3.05) is 11.5 Å². The van der Waals surface area contributed by atoms with E-state index in [0.29, 0.717) is 17.9 Å². The molecule has 0 radical (unpaired) electrons. The molecule has 0 aliphatic heterocycles. The summed E-state index contributed by atoms with van der Waals surface area (Å²) in [7, 11) is 0. The van der Waals surface area contributed by atoms with Crippen LogP contribution in [-0.2, 0) is 23.9 Å². The lowest BCUT2D eigenvalue weighted by Gasteiger charge is -2.36. The zero-order chi connectivity index (χ0) is 40.1. The third-order valence-electron chi connectivity index (χ3n) is 10.4. The van der Waals surface area contributed by atoms with E-state index in [1.165, 1.54) is 6.92 Å². The summed E-state index contributed by atoms with van der Waals surface area (Å²) in [5.41, 5.74) is 6.58. The van der Waals surface area contributed by atoms with Crippen molar-refractivity contribution in [1.29, 1.82) is 0 Å². The summed E-state index contributed by atoms with van der Waals surface area (Å²) < 4.78 is -1.22. The molecular formula is C50H50N2O3S2. The lowest BCUT2D eigenvalue weighted by Crippen LogP contribution is -2.53. The Hall–Kier alpha value is -5.37. The van der Waals surface area contributed by atoms with Gasteiger partial charge in [-0.2, -0.15) is 0 Å². The minimum atomic E-state index is -0.805. The summed E-state index contributed by atoms with van der Waals surface area (Å²) >= 11 is 3.34. The average Bonchev–Trinajstić information content (AvgIpc) is 3.27. The molecule has 7 heteroatoms. The van der Waals surface area contributed by atoms with Gasteiger partial charge >= 0.3 is 0 Å². The van der Waals surface area contributed by atoms with Gasteiger partial charge in [0, 0.05) is 17.4 Å². The van der Waals surface area contributed by atoms with Gasteiger partial charge in [-0.15, -0.1) is 23.5 Å². The van der Waals surface area contributed by atoms with Crippen LogP contribution in [0.1, 0.15) is 60.6 Å². The predicted molar refractivity (Wildman–Crippen MR) is 237 cm³/mol. The van der Waals surface area contributed by atoms with Crippen LogP contribution in [0, 0.1) is 5.92 Å². The second kappa shape index (κ2) is 19.7. The van der Waals surface area contributed by atoms with Crippen molar-refractivity contribution in [3.05, 3.63) is 215 Å². The maximum atomic E-state index is 14.0. The van der Waals surface area contributed by atoms with Crippen molar-refractivity contribution in [2.24, 2.45) is 5.92 Å². The Morgan fingerprint density at radius 1 is 0.456 bits per heavy atom. The van der Waals surface area contributed by atoms with Gasteiger partial charge < -0.3 is 10.6 Å². The number of rotatable bonds is 18. The van der Waals surface area contributed by atoms with Crippen LogP contribution in [0.3, 0.4) is 0 Å². The van der Waals surface area contributed by atoms with Crippen LogP contribution in [0.5, 0.6) is 0 Å². The normalized spacial score (nSPS) is 13.2. The number of benzene rings is 6. The highest BCUT2D eigenvalue weighted by atomic mass is 32.2. The largest absolute Gasteiger partial charge is 0.344 e. The van der Waals surface area contributed by atoms with Crippen LogP contribution in [0.15, 0.2) is 182 Å². The summed E-state index contributed by atoms with van der Waals surface area (Å²) in [4.78, 5) is 41.1. The van der Waals surface area contributed by atoms with Gasteiger partial charge in [-0.1, -0.05) is 196 Å². The van der Waals surface area contributed by atoms with E-state index in [0.717, 1.165) is 33.4 Å². The first-order chi connectivity index (χ1) is 27.8. The average molecular weight is 791 g/mol. The fourth-order valence-electron chi connectivity index (χ4n) is 7.27. The van der Waals surface area contributed by atoms with E-state index in [-0.39, 0.29) is 17.6 Å². The number of ketones is 1. The Balaban J connectivity index is 1.19. The topological polar surface area (TPSA) is 75.3 Å². The molecule has 5 nitrogen and oxygen atoms in total. The molecule has 57 heavy (non-hydrogen) atoms. The van der Waals surface area contributed by atoms with Crippen molar-refractivity contribution in [3.8, 4) is 0 Å². The van der Waals surface area contributed by atoms with Crippen molar-refractivity contribution < 1.29 is 14.4 Å². The van der Waals surface area contributed by atoms with E-state index in [9.17, 15) is 14.4 Å². The third kappa shape index (κ3) is 9.44. The smallest absolute Gasteiger partial charge is 0.243 e. The maximum Gasteiger partial charge on any atom is 0.243 e. The highest BCUT2D eigenvalue weighted by Crippen LogP contribution is 2.50. The molecule has 3 atom stereocenters. The molecule has 0 saturated carbocycles. The van der Waals surface area contributed by atoms with Gasteiger partial charge in [-0.05, 0) is 46.7 Å². The fraction of sp³-hybridized carbons (Fsp3) is 0.220. The second-order valence-corrected chi connectivity index (χ2v) is 16.7. The summed E-state index contributed by atoms with van der Waals surface area (Å²) in [6.45, 7) is 5.29. The molecule has 2 N–H and O–H groups in total. The van der Waals surface area contributed by atoms with Crippen LogP contribution >= 0.6 is 23.5 Å². The molecule has 0 aromatic heterocycles. The molecule has 0 bridgehead atoms. The van der Waals surface area contributed by atoms with E-state index >= 15 is 0 Å². The number of hydrogen-bond donors (Lipinski definition) is 2. The Labute approximate surface area is 346 Å².